The van der Waals surface area contributed by atoms with Crippen LogP contribution >= 0.6 is 35.4 Å². The van der Waals surface area contributed by atoms with Gasteiger partial charge in [-0.05, 0) is 12.8 Å². The lowest BCUT2D eigenvalue weighted by molar-refractivity contribution is -0.342. The lowest BCUT2D eigenvalue weighted by atomic mass is 10.1. The van der Waals surface area contributed by atoms with Gasteiger partial charge in [-0.15, -0.1) is 0 Å². The fourth-order valence-corrected chi connectivity index (χ4v) is 2.00. The van der Waals surface area contributed by atoms with E-state index >= 15 is 0 Å². The number of nitrogens with zero attached hydrogens (tertiary/aromatic N) is 1. The molecule has 0 aromatic heterocycles. The van der Waals surface area contributed by atoms with Crippen molar-refractivity contribution in [3.63, 3.8) is 0 Å². The molecule has 0 atom stereocenters. The van der Waals surface area contributed by atoms with Gasteiger partial charge in [-0.2, -0.15) is 3.98 Å². The molecule has 0 amide bonds. The molecule has 0 aliphatic carbocycles. The van der Waals surface area contributed by atoms with E-state index in [4.69, 9.17) is 0 Å². The molecule has 0 saturated heterocycles. The lowest BCUT2D eigenvalue weighted by Crippen LogP contribution is -2.11. The Hall–Kier alpha value is 0.750. The number of rotatable bonds is 0. The van der Waals surface area contributed by atoms with Gasteiger partial charge in [0.1, 0.15) is 12.8 Å². The molecule has 1 nitrogen and oxygen atoms in total. The van der Waals surface area contributed by atoms with Gasteiger partial charge >= 0.3 is 0 Å². The molecule has 0 aromatic carbocycles. The summed E-state index contributed by atoms with van der Waals surface area (Å²) in [5.74, 6) is 0. The highest BCUT2D eigenvalue weighted by atomic mass is 127. The Labute approximate surface area is 81.6 Å². The van der Waals surface area contributed by atoms with Crippen LogP contribution in [-0.4, -0.2) is 14.2 Å². The van der Waals surface area contributed by atoms with Gasteiger partial charge in [-0.1, -0.05) is 6.42 Å². The van der Waals surface area contributed by atoms with Crippen molar-refractivity contribution in [3.05, 3.63) is 0 Å². The zero-order valence-corrected chi connectivity index (χ0v) is 9.07. The predicted octanol–water partition coefficient (Wildman–Crippen LogP) is 2.64. The van der Waals surface area contributed by atoms with Gasteiger partial charge in [0.05, 0.1) is 0 Å². The Morgan fingerprint density at radius 3 is 2.70 bits per heavy atom. The van der Waals surface area contributed by atoms with Gasteiger partial charge in [0, 0.05) is 35.4 Å². The molecule has 0 unspecified atom stereocenters. The van der Waals surface area contributed by atoms with Crippen molar-refractivity contribution in [3.8, 4) is 0 Å². The zero-order chi connectivity index (χ0) is 7.40. The van der Waals surface area contributed by atoms with Crippen LogP contribution in [0.4, 0.5) is 0 Å². The van der Waals surface area contributed by atoms with Gasteiger partial charge in [-0.3, -0.25) is 0 Å². The van der Waals surface area contributed by atoms with Crippen LogP contribution in [0.15, 0.2) is 0 Å². The van der Waals surface area contributed by atoms with Crippen molar-refractivity contribution >= 4 is 39.1 Å². The van der Waals surface area contributed by atoms with E-state index in [-0.39, 0.29) is 0 Å². The number of hydrogen-bond acceptors (Lipinski definition) is 1. The Morgan fingerprint density at radius 1 is 1.20 bits per heavy atom. The number of thiol groups is 1. The molecule has 0 spiro atoms. The molecular weight excluding hydrogens is 257 g/mol. The fourth-order valence-electron chi connectivity index (χ4n) is 1.14. The largest absolute Gasteiger partial charge is 0.225 e. The minimum Gasteiger partial charge on any atom is -0.160 e. The first-order valence-corrected chi connectivity index (χ1v) is 5.26. The van der Waals surface area contributed by atoms with Crippen LogP contribution in [0.25, 0.3) is 0 Å². The number of hydrogen-bond donors (Lipinski definition) is 1. The summed E-state index contributed by atoms with van der Waals surface area (Å²) in [4.78, 5) is 0. The normalized spacial score (nSPS) is 29.4. The van der Waals surface area contributed by atoms with Crippen LogP contribution in [-0.2, 0) is 0 Å². The van der Waals surface area contributed by atoms with Crippen molar-refractivity contribution in [1.29, 1.82) is 0 Å². The Morgan fingerprint density at radius 2 is 1.90 bits per heavy atom. The molecule has 0 N–H and O–H groups in total. The summed E-state index contributed by atoms with van der Waals surface area (Å²) < 4.78 is 3.49. The van der Waals surface area contributed by atoms with E-state index in [2.05, 4.69) is 39.4 Å². The second-order valence-corrected chi connectivity index (χ2v) is 4.39. The van der Waals surface area contributed by atoms with Crippen LogP contribution in [0, 0.1) is 0 Å². The molecule has 0 aromatic rings. The quantitative estimate of drug-likeness (QED) is 0.391. The maximum Gasteiger partial charge on any atom is 0.225 e. The Balaban J connectivity index is 2.51. The minimum atomic E-state index is 1.13. The molecule has 1 heterocycles. The van der Waals surface area contributed by atoms with E-state index in [1.165, 1.54) is 35.8 Å². The molecule has 1 rings (SSSR count). The first-order chi connectivity index (χ1) is 4.80. The summed E-state index contributed by atoms with van der Waals surface area (Å²) in [5.41, 5.74) is 0. The summed E-state index contributed by atoms with van der Waals surface area (Å²) in [5, 5.41) is 0. The summed E-state index contributed by atoms with van der Waals surface area (Å²) in [7, 11) is 0. The molecule has 1 aliphatic heterocycles. The first-order valence-electron chi connectivity index (χ1n) is 3.78. The van der Waals surface area contributed by atoms with E-state index in [1.54, 1.807) is 0 Å². The average molecular weight is 270 g/mol. The maximum atomic E-state index is 4.36. The van der Waals surface area contributed by atoms with Gasteiger partial charge in [0.25, 0.3) is 0 Å². The van der Waals surface area contributed by atoms with Gasteiger partial charge in [0.2, 0.25) is 3.72 Å². The molecule has 58 valence electrons. The van der Waals surface area contributed by atoms with Gasteiger partial charge in [-0.25, -0.2) is 0 Å². The highest BCUT2D eigenvalue weighted by molar-refractivity contribution is 14.1. The molecule has 3 heteroatoms. The van der Waals surface area contributed by atoms with E-state index in [9.17, 15) is 0 Å². The second-order valence-electron chi connectivity index (χ2n) is 2.66. The third-order valence-electron chi connectivity index (χ3n) is 1.78. The van der Waals surface area contributed by atoms with Crippen LogP contribution in [0.1, 0.15) is 32.1 Å². The molecule has 0 fully saturated rings. The van der Waals surface area contributed by atoms with Crippen molar-refractivity contribution in [1.82, 2.24) is 0 Å². The van der Waals surface area contributed by atoms with Gasteiger partial charge in [0.15, 0.2) is 6.54 Å². The van der Waals surface area contributed by atoms with Crippen LogP contribution in [0.3, 0.4) is 0 Å². The standard InChI is InChI=1S/C7H13INS/c8-7-5-3-1-2-4-6-9(7)10/h10H,1-6H2/q+1/b9-7-. The fraction of sp³-hybridized carbons (Fsp3) is 0.857. The highest BCUT2D eigenvalue weighted by Crippen LogP contribution is 2.12. The maximum absolute atomic E-state index is 4.36. The third kappa shape index (κ3) is 2.78. The third-order valence-corrected chi connectivity index (χ3v) is 3.73. The lowest BCUT2D eigenvalue weighted by Gasteiger charge is -2.04. The summed E-state index contributed by atoms with van der Waals surface area (Å²) in [6, 6.07) is 0. The van der Waals surface area contributed by atoms with Crippen molar-refractivity contribution < 1.29 is 3.98 Å². The molecule has 0 radical (unpaired) electrons. The van der Waals surface area contributed by atoms with E-state index in [0.717, 1.165) is 6.54 Å². The van der Waals surface area contributed by atoms with Crippen LogP contribution in [0.5, 0.6) is 0 Å². The van der Waals surface area contributed by atoms with Crippen LogP contribution < -0.4 is 0 Å². The topological polar surface area (TPSA) is 3.01 Å². The van der Waals surface area contributed by atoms with Gasteiger partial charge < -0.3 is 0 Å². The van der Waals surface area contributed by atoms with Crippen molar-refractivity contribution in [2.45, 2.75) is 32.1 Å². The van der Waals surface area contributed by atoms with E-state index in [0.29, 0.717) is 0 Å². The van der Waals surface area contributed by atoms with E-state index in [1.807, 2.05) is 0 Å². The van der Waals surface area contributed by atoms with Crippen LogP contribution in [0.2, 0.25) is 0 Å². The molecule has 0 bridgehead atoms. The minimum absolute atomic E-state index is 1.13. The first kappa shape index (κ1) is 8.84. The summed E-state index contributed by atoms with van der Waals surface area (Å²) in [6.45, 7) is 1.13. The van der Waals surface area contributed by atoms with Crippen molar-refractivity contribution in [2.75, 3.05) is 6.54 Å². The SMILES string of the molecule is S/[N+]1=C(\I)CCCCCC1. The smallest absolute Gasteiger partial charge is 0.160 e. The Kier molecular flexibility index (Phi) is 4.06. The second kappa shape index (κ2) is 4.59. The van der Waals surface area contributed by atoms with E-state index < -0.39 is 0 Å². The molecule has 10 heavy (non-hydrogen) atoms. The average Bonchev–Trinajstić information content (AvgIpc) is 1.92. The summed E-state index contributed by atoms with van der Waals surface area (Å²) >= 11 is 6.75. The molecule has 0 saturated carbocycles. The van der Waals surface area contributed by atoms with Crippen molar-refractivity contribution in [2.24, 2.45) is 0 Å². The number of halogens is 1. The highest BCUT2D eigenvalue weighted by Gasteiger charge is 2.10. The molecular formula is C7H13INS+. The summed E-state index contributed by atoms with van der Waals surface area (Å²) in [6.07, 6.45) is 6.64. The molecule has 1 aliphatic rings. The predicted molar refractivity (Wildman–Crippen MR) is 56.2 cm³/mol. The zero-order valence-electron chi connectivity index (χ0n) is 6.02. The Bertz CT molecular complexity index is 129. The monoisotopic (exact) mass is 270 g/mol.